The van der Waals surface area contributed by atoms with E-state index in [4.69, 9.17) is 32.7 Å². The first-order valence-electron chi connectivity index (χ1n) is 7.59. The molecule has 142 valence electrons. The second-order valence-electron chi connectivity index (χ2n) is 5.39. The average molecular weight is 428 g/mol. The minimum Gasteiger partial charge on any atom is -0.497 e. The number of nitrogens with one attached hydrogen (secondary N) is 1. The Morgan fingerprint density at radius 3 is 2.56 bits per heavy atom. The van der Waals surface area contributed by atoms with Gasteiger partial charge in [-0.15, -0.1) is 0 Å². The predicted octanol–water partition coefficient (Wildman–Crippen LogP) is 4.00. The number of hydrogen-bond donors (Lipinski definition) is 1. The van der Waals surface area contributed by atoms with E-state index < -0.39 is 10.0 Å². The Labute approximate surface area is 166 Å². The molecule has 0 aliphatic carbocycles. The Morgan fingerprint density at radius 2 is 1.85 bits per heavy atom. The van der Waals surface area contributed by atoms with Gasteiger partial charge in [0.25, 0.3) is 10.0 Å². The van der Waals surface area contributed by atoms with Gasteiger partial charge in [0, 0.05) is 11.1 Å². The molecule has 0 bridgehead atoms. The third-order valence-electron chi connectivity index (χ3n) is 3.67. The summed E-state index contributed by atoms with van der Waals surface area (Å²) < 4.78 is 39.6. The lowest BCUT2D eigenvalue weighted by atomic mass is 10.3. The van der Waals surface area contributed by atoms with E-state index in [9.17, 15) is 8.42 Å². The Morgan fingerprint density at radius 1 is 1.07 bits per heavy atom. The zero-order valence-corrected chi connectivity index (χ0v) is 16.6. The molecule has 0 unspecified atom stereocenters. The van der Waals surface area contributed by atoms with Gasteiger partial charge in [-0.05, 0) is 30.3 Å². The van der Waals surface area contributed by atoms with E-state index in [-0.39, 0.29) is 15.6 Å². The van der Waals surface area contributed by atoms with Crippen LogP contribution in [-0.2, 0) is 10.0 Å². The van der Waals surface area contributed by atoms with Crippen molar-refractivity contribution in [3.05, 3.63) is 58.8 Å². The topological polar surface area (TPSA) is 82.5 Å². The highest BCUT2D eigenvalue weighted by Crippen LogP contribution is 2.30. The summed E-state index contributed by atoms with van der Waals surface area (Å²) in [6, 6.07) is 9.61. The first-order chi connectivity index (χ1) is 12.8. The molecule has 3 aromatic rings. The summed E-state index contributed by atoms with van der Waals surface area (Å²) in [5.74, 6) is 0.965. The van der Waals surface area contributed by atoms with Crippen LogP contribution < -0.4 is 14.2 Å². The zero-order valence-electron chi connectivity index (χ0n) is 14.3. The molecule has 0 atom stereocenters. The van der Waals surface area contributed by atoms with Crippen LogP contribution in [-0.4, -0.2) is 32.4 Å². The SMILES string of the molecule is COc1ccc(Cl)c(NS(=O)(=O)c2cnn(-c3cc(Cl)ccc3OC)c2)c1. The van der Waals surface area contributed by atoms with Crippen LogP contribution in [0, 0.1) is 0 Å². The van der Waals surface area contributed by atoms with Crippen LogP contribution in [0.2, 0.25) is 10.0 Å². The van der Waals surface area contributed by atoms with Crippen molar-refractivity contribution in [3.63, 3.8) is 0 Å². The highest BCUT2D eigenvalue weighted by molar-refractivity contribution is 7.92. The number of ether oxygens (including phenoxy) is 2. The fourth-order valence-electron chi connectivity index (χ4n) is 2.33. The van der Waals surface area contributed by atoms with Gasteiger partial charge in [0.1, 0.15) is 22.1 Å². The molecule has 1 aromatic heterocycles. The van der Waals surface area contributed by atoms with Crippen molar-refractivity contribution in [2.75, 3.05) is 18.9 Å². The lowest BCUT2D eigenvalue weighted by molar-refractivity contribution is 0.411. The van der Waals surface area contributed by atoms with E-state index in [1.54, 1.807) is 30.3 Å². The third-order valence-corrected chi connectivity index (χ3v) is 5.56. The fourth-order valence-corrected chi connectivity index (χ4v) is 3.72. The maximum Gasteiger partial charge on any atom is 0.265 e. The highest BCUT2D eigenvalue weighted by Gasteiger charge is 2.20. The van der Waals surface area contributed by atoms with Crippen LogP contribution in [0.4, 0.5) is 5.69 Å². The van der Waals surface area contributed by atoms with Crippen molar-refractivity contribution in [1.82, 2.24) is 9.78 Å². The van der Waals surface area contributed by atoms with Gasteiger partial charge < -0.3 is 9.47 Å². The minimum absolute atomic E-state index is 0.0524. The monoisotopic (exact) mass is 427 g/mol. The number of anilines is 1. The quantitative estimate of drug-likeness (QED) is 0.642. The molecular weight excluding hydrogens is 413 g/mol. The molecule has 0 aliphatic rings. The number of nitrogens with zero attached hydrogens (tertiary/aromatic N) is 2. The molecule has 7 nitrogen and oxygen atoms in total. The molecule has 0 saturated heterocycles. The van der Waals surface area contributed by atoms with Crippen LogP contribution >= 0.6 is 23.2 Å². The van der Waals surface area contributed by atoms with Gasteiger partial charge in [-0.25, -0.2) is 13.1 Å². The Balaban J connectivity index is 1.95. The van der Waals surface area contributed by atoms with E-state index >= 15 is 0 Å². The van der Waals surface area contributed by atoms with Crippen LogP contribution in [0.3, 0.4) is 0 Å². The van der Waals surface area contributed by atoms with Gasteiger partial charge >= 0.3 is 0 Å². The number of methoxy groups -OCH3 is 2. The molecule has 0 aliphatic heterocycles. The van der Waals surface area contributed by atoms with Crippen molar-refractivity contribution in [3.8, 4) is 17.2 Å². The van der Waals surface area contributed by atoms with E-state index in [0.717, 1.165) is 0 Å². The Kier molecular flexibility index (Phi) is 5.50. The first-order valence-corrected chi connectivity index (χ1v) is 9.83. The van der Waals surface area contributed by atoms with Crippen molar-refractivity contribution >= 4 is 38.9 Å². The summed E-state index contributed by atoms with van der Waals surface area (Å²) in [5.41, 5.74) is 0.704. The lowest BCUT2D eigenvalue weighted by Crippen LogP contribution is -2.12. The highest BCUT2D eigenvalue weighted by atomic mass is 35.5. The molecule has 1 heterocycles. The van der Waals surface area contributed by atoms with Crippen molar-refractivity contribution < 1.29 is 17.9 Å². The van der Waals surface area contributed by atoms with Crippen LogP contribution in [0.25, 0.3) is 5.69 Å². The summed E-state index contributed by atoms with van der Waals surface area (Å²) in [5, 5.41) is 4.81. The molecule has 10 heteroatoms. The predicted molar refractivity (Wildman–Crippen MR) is 104 cm³/mol. The largest absolute Gasteiger partial charge is 0.497 e. The standard InChI is InChI=1S/C17H15Cl2N3O4S/c1-25-12-4-5-14(19)15(8-12)21-27(23,24)13-9-20-22(10-13)16-7-11(18)3-6-17(16)26-2/h3-10,21H,1-2H3. The number of halogens is 2. The molecular formula is C17H15Cl2N3O4S. The number of sulfonamides is 1. The maximum atomic E-state index is 12.7. The maximum absolute atomic E-state index is 12.7. The molecule has 2 aromatic carbocycles. The van der Waals surface area contributed by atoms with E-state index in [1.165, 1.54) is 37.4 Å². The van der Waals surface area contributed by atoms with Crippen LogP contribution in [0.1, 0.15) is 0 Å². The summed E-state index contributed by atoms with van der Waals surface area (Å²) >= 11 is 12.1. The number of benzene rings is 2. The van der Waals surface area contributed by atoms with Crippen molar-refractivity contribution in [2.45, 2.75) is 4.90 Å². The second-order valence-corrected chi connectivity index (χ2v) is 7.91. The van der Waals surface area contributed by atoms with Gasteiger partial charge in [-0.1, -0.05) is 23.2 Å². The van der Waals surface area contributed by atoms with E-state index in [1.807, 2.05) is 0 Å². The van der Waals surface area contributed by atoms with Crippen molar-refractivity contribution in [2.24, 2.45) is 0 Å². The smallest absolute Gasteiger partial charge is 0.265 e. The van der Waals surface area contributed by atoms with Crippen molar-refractivity contribution in [1.29, 1.82) is 0 Å². The summed E-state index contributed by atoms with van der Waals surface area (Å²) in [6.07, 6.45) is 2.57. The third kappa shape index (κ3) is 4.13. The normalized spacial score (nSPS) is 11.3. The number of rotatable bonds is 6. The van der Waals surface area contributed by atoms with Gasteiger partial charge in [0.2, 0.25) is 0 Å². The molecule has 0 fully saturated rings. The van der Waals surface area contributed by atoms with E-state index in [0.29, 0.717) is 22.2 Å². The molecule has 0 spiro atoms. The molecule has 0 saturated carbocycles. The molecule has 27 heavy (non-hydrogen) atoms. The fraction of sp³-hybridized carbons (Fsp3) is 0.118. The zero-order chi connectivity index (χ0) is 19.6. The van der Waals surface area contributed by atoms with Crippen LogP contribution in [0.5, 0.6) is 11.5 Å². The number of hydrogen-bond acceptors (Lipinski definition) is 5. The molecule has 0 amide bonds. The summed E-state index contributed by atoms with van der Waals surface area (Å²) in [6.45, 7) is 0. The lowest BCUT2D eigenvalue weighted by Gasteiger charge is -2.10. The number of aromatic nitrogens is 2. The van der Waals surface area contributed by atoms with Gasteiger partial charge in [0.15, 0.2) is 0 Å². The van der Waals surface area contributed by atoms with Gasteiger partial charge in [0.05, 0.1) is 37.3 Å². The first kappa shape index (κ1) is 19.3. The summed E-state index contributed by atoms with van der Waals surface area (Å²) in [7, 11) is -0.948. The molecule has 3 rings (SSSR count). The van der Waals surface area contributed by atoms with Gasteiger partial charge in [-0.2, -0.15) is 5.10 Å². The second kappa shape index (κ2) is 7.67. The molecule has 0 radical (unpaired) electrons. The Hall–Kier alpha value is -2.42. The summed E-state index contributed by atoms with van der Waals surface area (Å²) in [4.78, 5) is -0.0524. The van der Waals surface area contributed by atoms with E-state index in [2.05, 4.69) is 9.82 Å². The average Bonchev–Trinajstić information content (AvgIpc) is 3.14. The Bertz CT molecular complexity index is 1080. The minimum atomic E-state index is -3.92. The van der Waals surface area contributed by atoms with Crippen LogP contribution in [0.15, 0.2) is 53.7 Å². The van der Waals surface area contributed by atoms with Gasteiger partial charge in [-0.3, -0.25) is 4.72 Å². The molecule has 1 N–H and O–H groups in total.